The van der Waals surface area contributed by atoms with Gasteiger partial charge in [-0.25, -0.2) is 4.39 Å². The lowest BCUT2D eigenvalue weighted by Gasteiger charge is -2.34. The van der Waals surface area contributed by atoms with Crippen LogP contribution >= 0.6 is 0 Å². The topological polar surface area (TPSA) is 66.7 Å². The fraction of sp³-hybridized carbons (Fsp3) is 0.562. The smallest absolute Gasteiger partial charge is 0.282 e. The number of nitrogens with zero attached hydrogens (tertiary/aromatic N) is 3. The minimum absolute atomic E-state index is 0.00388. The SMILES string of the molecule is CC(C)(C)N1CCCN(C(=O)c2cc(F)ccc2[N+](=O)[O-])CC1. The van der Waals surface area contributed by atoms with Crippen LogP contribution in [0.3, 0.4) is 0 Å². The van der Waals surface area contributed by atoms with E-state index in [1.807, 2.05) is 0 Å². The number of benzene rings is 1. The van der Waals surface area contributed by atoms with Gasteiger partial charge in [0, 0.05) is 37.8 Å². The zero-order valence-corrected chi connectivity index (χ0v) is 13.7. The molecular formula is C16H22FN3O3. The Morgan fingerprint density at radius 2 is 1.91 bits per heavy atom. The molecule has 1 aromatic carbocycles. The fourth-order valence-electron chi connectivity index (χ4n) is 2.80. The molecule has 0 atom stereocenters. The van der Waals surface area contributed by atoms with E-state index in [2.05, 4.69) is 25.7 Å². The molecule has 0 saturated carbocycles. The average molecular weight is 323 g/mol. The van der Waals surface area contributed by atoms with Gasteiger partial charge in [0.05, 0.1) is 4.92 Å². The molecule has 1 aliphatic rings. The van der Waals surface area contributed by atoms with Gasteiger partial charge in [0.2, 0.25) is 0 Å². The molecule has 0 N–H and O–H groups in total. The molecule has 1 aromatic rings. The summed E-state index contributed by atoms with van der Waals surface area (Å²) in [5.74, 6) is -1.13. The molecule has 0 bridgehead atoms. The Bertz CT molecular complexity index is 613. The highest BCUT2D eigenvalue weighted by atomic mass is 19.1. The van der Waals surface area contributed by atoms with Gasteiger partial charge in [-0.1, -0.05) is 0 Å². The number of hydrogen-bond acceptors (Lipinski definition) is 4. The molecule has 0 unspecified atom stereocenters. The zero-order valence-electron chi connectivity index (χ0n) is 13.7. The number of carbonyl (C=O) groups is 1. The summed E-state index contributed by atoms with van der Waals surface area (Å²) in [6, 6.07) is 2.99. The van der Waals surface area contributed by atoms with E-state index in [0.29, 0.717) is 19.6 Å². The first-order valence-electron chi connectivity index (χ1n) is 7.68. The molecule has 0 radical (unpaired) electrons. The summed E-state index contributed by atoms with van der Waals surface area (Å²) >= 11 is 0. The molecule has 6 nitrogen and oxygen atoms in total. The van der Waals surface area contributed by atoms with Crippen molar-refractivity contribution in [3.05, 3.63) is 39.7 Å². The average Bonchev–Trinajstić information content (AvgIpc) is 2.71. The van der Waals surface area contributed by atoms with E-state index < -0.39 is 16.6 Å². The molecule has 126 valence electrons. The molecule has 1 aliphatic heterocycles. The Kier molecular flexibility index (Phi) is 4.99. The number of nitro benzene ring substituents is 1. The monoisotopic (exact) mass is 323 g/mol. The quantitative estimate of drug-likeness (QED) is 0.620. The van der Waals surface area contributed by atoms with Crippen LogP contribution in [0, 0.1) is 15.9 Å². The third kappa shape index (κ3) is 4.04. The van der Waals surface area contributed by atoms with Crippen LogP contribution in [0.2, 0.25) is 0 Å². The molecule has 0 aromatic heterocycles. The molecule has 23 heavy (non-hydrogen) atoms. The maximum atomic E-state index is 13.4. The van der Waals surface area contributed by atoms with Crippen molar-refractivity contribution in [2.45, 2.75) is 32.7 Å². The first-order chi connectivity index (χ1) is 10.7. The van der Waals surface area contributed by atoms with Gasteiger partial charge in [0.25, 0.3) is 11.6 Å². The number of amides is 1. The van der Waals surface area contributed by atoms with Crippen LogP contribution in [0.15, 0.2) is 18.2 Å². The van der Waals surface area contributed by atoms with Gasteiger partial charge in [-0.05, 0) is 39.3 Å². The second-order valence-corrected chi connectivity index (χ2v) is 6.72. The molecule has 7 heteroatoms. The van der Waals surface area contributed by atoms with Gasteiger partial charge in [0.15, 0.2) is 0 Å². The fourth-order valence-corrected chi connectivity index (χ4v) is 2.80. The van der Waals surface area contributed by atoms with Crippen molar-refractivity contribution in [3.8, 4) is 0 Å². The normalized spacial score (nSPS) is 17.0. The summed E-state index contributed by atoms with van der Waals surface area (Å²) in [7, 11) is 0. The van der Waals surface area contributed by atoms with Crippen molar-refractivity contribution in [3.63, 3.8) is 0 Å². The first kappa shape index (κ1) is 17.3. The lowest BCUT2D eigenvalue weighted by molar-refractivity contribution is -0.385. The summed E-state index contributed by atoms with van der Waals surface area (Å²) in [5, 5.41) is 11.1. The van der Waals surface area contributed by atoms with Gasteiger partial charge >= 0.3 is 0 Å². The lowest BCUT2D eigenvalue weighted by Crippen LogP contribution is -2.44. The van der Waals surface area contributed by atoms with Crippen molar-refractivity contribution < 1.29 is 14.1 Å². The second-order valence-electron chi connectivity index (χ2n) is 6.72. The summed E-state index contributed by atoms with van der Waals surface area (Å²) in [6.07, 6.45) is 0.784. The van der Waals surface area contributed by atoms with Gasteiger partial charge in [-0.3, -0.25) is 19.8 Å². The Morgan fingerprint density at radius 1 is 1.22 bits per heavy atom. The van der Waals surface area contributed by atoms with E-state index in [1.165, 1.54) is 0 Å². The predicted molar refractivity (Wildman–Crippen MR) is 84.9 cm³/mol. The van der Waals surface area contributed by atoms with Gasteiger partial charge < -0.3 is 4.90 Å². The van der Waals surface area contributed by atoms with Crippen LogP contribution in [0.5, 0.6) is 0 Å². The molecule has 1 heterocycles. The lowest BCUT2D eigenvalue weighted by atomic mass is 10.1. The molecule has 0 spiro atoms. The number of hydrogen-bond donors (Lipinski definition) is 0. The van der Waals surface area contributed by atoms with Gasteiger partial charge in [-0.15, -0.1) is 0 Å². The highest BCUT2D eigenvalue weighted by Crippen LogP contribution is 2.23. The van der Waals surface area contributed by atoms with Crippen LogP contribution in [0.25, 0.3) is 0 Å². The molecule has 0 aliphatic carbocycles. The second kappa shape index (κ2) is 6.62. The van der Waals surface area contributed by atoms with Crippen LogP contribution < -0.4 is 0 Å². The van der Waals surface area contributed by atoms with E-state index in [1.54, 1.807) is 4.90 Å². The van der Waals surface area contributed by atoms with Crippen molar-refractivity contribution in [2.75, 3.05) is 26.2 Å². The molecular weight excluding hydrogens is 301 g/mol. The Morgan fingerprint density at radius 3 is 2.52 bits per heavy atom. The Labute approximate surface area is 135 Å². The first-order valence-corrected chi connectivity index (χ1v) is 7.68. The van der Waals surface area contributed by atoms with Crippen LogP contribution in [-0.2, 0) is 0 Å². The van der Waals surface area contributed by atoms with E-state index >= 15 is 0 Å². The highest BCUT2D eigenvalue weighted by molar-refractivity contribution is 5.98. The molecule has 1 amide bonds. The number of halogens is 1. The van der Waals surface area contributed by atoms with Crippen LogP contribution in [-0.4, -0.2) is 52.3 Å². The van der Waals surface area contributed by atoms with Crippen molar-refractivity contribution in [1.29, 1.82) is 0 Å². The minimum atomic E-state index is -0.648. The minimum Gasteiger partial charge on any atom is -0.337 e. The van der Waals surface area contributed by atoms with Crippen LogP contribution in [0.1, 0.15) is 37.6 Å². The largest absolute Gasteiger partial charge is 0.337 e. The summed E-state index contributed by atoms with van der Waals surface area (Å²) in [4.78, 5) is 26.9. The zero-order chi connectivity index (χ0) is 17.2. The van der Waals surface area contributed by atoms with Crippen molar-refractivity contribution in [1.82, 2.24) is 9.80 Å². The van der Waals surface area contributed by atoms with Crippen molar-refractivity contribution in [2.24, 2.45) is 0 Å². The summed E-state index contributed by atoms with van der Waals surface area (Å²) < 4.78 is 13.4. The van der Waals surface area contributed by atoms with E-state index in [0.717, 1.165) is 31.2 Å². The Balaban J connectivity index is 2.21. The Hall–Kier alpha value is -2.02. The van der Waals surface area contributed by atoms with Crippen molar-refractivity contribution >= 4 is 11.6 Å². The predicted octanol–water partition coefficient (Wildman–Crippen LogP) is 2.68. The van der Waals surface area contributed by atoms with Gasteiger partial charge in [-0.2, -0.15) is 0 Å². The third-order valence-corrected chi connectivity index (χ3v) is 4.12. The summed E-state index contributed by atoms with van der Waals surface area (Å²) in [6.45, 7) is 8.88. The molecule has 2 rings (SSSR count). The molecule has 1 fully saturated rings. The standard InChI is InChI=1S/C16H22FN3O3/c1-16(2,3)19-8-4-7-18(9-10-19)15(21)13-11-12(17)5-6-14(13)20(22)23/h5-6,11H,4,7-10H2,1-3H3. The van der Waals surface area contributed by atoms with E-state index in [4.69, 9.17) is 0 Å². The highest BCUT2D eigenvalue weighted by Gasteiger charge is 2.29. The van der Waals surface area contributed by atoms with E-state index in [-0.39, 0.29) is 16.8 Å². The number of nitro groups is 1. The number of carbonyl (C=O) groups excluding carboxylic acids is 1. The van der Waals surface area contributed by atoms with Crippen LogP contribution in [0.4, 0.5) is 10.1 Å². The summed E-state index contributed by atoms with van der Waals surface area (Å²) in [5.41, 5.74) is -0.531. The third-order valence-electron chi connectivity index (χ3n) is 4.12. The maximum Gasteiger partial charge on any atom is 0.282 e. The van der Waals surface area contributed by atoms with Gasteiger partial charge in [0.1, 0.15) is 11.4 Å². The van der Waals surface area contributed by atoms with E-state index in [9.17, 15) is 19.3 Å². The maximum absolute atomic E-state index is 13.4. The number of rotatable bonds is 2. The molecule has 1 saturated heterocycles.